The zero-order chi connectivity index (χ0) is 20.3. The molecule has 1 N–H and O–H groups in total. The number of aromatic nitrogens is 2. The van der Waals surface area contributed by atoms with Gasteiger partial charge >= 0.3 is 6.18 Å². The Morgan fingerprint density at radius 2 is 1.89 bits per heavy atom. The molecule has 0 aliphatic carbocycles. The van der Waals surface area contributed by atoms with Crippen LogP contribution in [0.1, 0.15) is 18.2 Å². The van der Waals surface area contributed by atoms with Crippen LogP contribution in [0.25, 0.3) is 0 Å². The zero-order valence-electron chi connectivity index (χ0n) is 16.0. The van der Waals surface area contributed by atoms with E-state index in [0.717, 1.165) is 60.9 Å². The Labute approximate surface area is 161 Å². The highest BCUT2D eigenvalue weighted by atomic mass is 19.4. The van der Waals surface area contributed by atoms with Gasteiger partial charge in [0, 0.05) is 43.8 Å². The summed E-state index contributed by atoms with van der Waals surface area (Å²) in [5.41, 5.74) is 1.64. The Hall–Kier alpha value is -2.55. The maximum atomic E-state index is 12.6. The van der Waals surface area contributed by atoms with Crippen molar-refractivity contribution < 1.29 is 18.0 Å². The van der Waals surface area contributed by atoms with Gasteiger partial charge in [0.15, 0.2) is 5.69 Å². The number of anilines is 2. The summed E-state index contributed by atoms with van der Waals surface area (Å²) in [6, 6.07) is 6.66. The van der Waals surface area contributed by atoms with Crippen LogP contribution in [0.15, 0.2) is 30.5 Å². The lowest BCUT2D eigenvalue weighted by Gasteiger charge is -2.35. The summed E-state index contributed by atoms with van der Waals surface area (Å²) in [6.45, 7) is 8.80. The average molecular weight is 395 g/mol. The van der Waals surface area contributed by atoms with Gasteiger partial charge in [-0.05, 0) is 43.3 Å². The predicted molar refractivity (Wildman–Crippen MR) is 101 cm³/mol. The van der Waals surface area contributed by atoms with Crippen molar-refractivity contribution in [2.75, 3.05) is 42.9 Å². The molecule has 1 aliphatic heterocycles. The minimum atomic E-state index is -4.52. The lowest BCUT2D eigenvalue weighted by atomic mass is 10.1. The van der Waals surface area contributed by atoms with Crippen LogP contribution in [0.5, 0.6) is 0 Å². The number of hydrogen-bond acceptors (Lipinski definition) is 4. The molecule has 0 spiro atoms. The Kier molecular flexibility index (Phi) is 5.93. The summed E-state index contributed by atoms with van der Waals surface area (Å²) in [6.07, 6.45) is -3.37. The first-order chi connectivity index (χ1) is 13.3. The summed E-state index contributed by atoms with van der Waals surface area (Å²) < 4.78 is 38.7. The molecule has 1 aromatic heterocycles. The van der Waals surface area contributed by atoms with E-state index in [1.54, 1.807) is 0 Å². The van der Waals surface area contributed by atoms with E-state index in [-0.39, 0.29) is 6.54 Å². The smallest absolute Gasteiger partial charge is 0.369 e. The standard InChI is InChI=1S/C19H24F3N5O/c1-3-25-8-10-26(11-9-25)15-4-5-16(14(2)12-15)23-18(28)13-27-7-6-17(24-27)19(20,21)22/h4-7,12H,3,8-11,13H2,1-2H3,(H,23,28). The number of halogens is 3. The molecule has 0 saturated carbocycles. The number of alkyl halides is 3. The zero-order valence-corrected chi connectivity index (χ0v) is 16.0. The summed E-state index contributed by atoms with van der Waals surface area (Å²) in [4.78, 5) is 16.9. The van der Waals surface area contributed by atoms with Crippen LogP contribution in [0.4, 0.5) is 24.5 Å². The van der Waals surface area contributed by atoms with Crippen molar-refractivity contribution in [1.82, 2.24) is 14.7 Å². The van der Waals surface area contributed by atoms with Gasteiger partial charge in [-0.25, -0.2) is 0 Å². The van der Waals surface area contributed by atoms with Gasteiger partial charge < -0.3 is 15.1 Å². The molecule has 1 saturated heterocycles. The molecule has 152 valence electrons. The number of likely N-dealkylation sites (N-methyl/N-ethyl adjacent to an activating group) is 1. The third-order valence-electron chi connectivity index (χ3n) is 4.91. The lowest BCUT2D eigenvalue weighted by molar-refractivity contribution is -0.141. The number of hydrogen-bond donors (Lipinski definition) is 1. The number of nitrogens with zero attached hydrogens (tertiary/aromatic N) is 4. The number of piperazine rings is 1. The Balaban J connectivity index is 1.60. The van der Waals surface area contributed by atoms with Gasteiger partial charge in [-0.1, -0.05) is 6.92 Å². The molecule has 0 unspecified atom stereocenters. The molecule has 3 rings (SSSR count). The molecule has 0 atom stereocenters. The van der Waals surface area contributed by atoms with Crippen LogP contribution in [-0.4, -0.2) is 53.3 Å². The van der Waals surface area contributed by atoms with E-state index < -0.39 is 17.8 Å². The Bertz CT molecular complexity index is 825. The minimum Gasteiger partial charge on any atom is -0.369 e. The molecular weight excluding hydrogens is 371 g/mol. The molecule has 0 bridgehead atoms. The Morgan fingerprint density at radius 1 is 1.18 bits per heavy atom. The second kappa shape index (κ2) is 8.22. The molecule has 2 heterocycles. The summed E-state index contributed by atoms with van der Waals surface area (Å²) in [7, 11) is 0. The molecule has 1 aliphatic rings. The fourth-order valence-electron chi connectivity index (χ4n) is 3.24. The van der Waals surface area contributed by atoms with Crippen LogP contribution in [0, 0.1) is 6.92 Å². The van der Waals surface area contributed by atoms with E-state index in [9.17, 15) is 18.0 Å². The Morgan fingerprint density at radius 3 is 2.46 bits per heavy atom. The van der Waals surface area contributed by atoms with Gasteiger partial charge in [0.05, 0.1) is 0 Å². The van der Waals surface area contributed by atoms with E-state index in [2.05, 4.69) is 27.1 Å². The van der Waals surface area contributed by atoms with Crippen molar-refractivity contribution in [3.05, 3.63) is 41.7 Å². The number of carbonyl (C=O) groups is 1. The van der Waals surface area contributed by atoms with Crippen molar-refractivity contribution in [2.45, 2.75) is 26.6 Å². The van der Waals surface area contributed by atoms with Gasteiger partial charge in [0.2, 0.25) is 5.91 Å². The SMILES string of the molecule is CCN1CCN(c2ccc(NC(=O)Cn3ccc(C(F)(F)F)n3)c(C)c2)CC1. The number of aryl methyl sites for hydroxylation is 1. The summed E-state index contributed by atoms with van der Waals surface area (Å²) in [5, 5.41) is 6.14. The number of rotatable bonds is 5. The van der Waals surface area contributed by atoms with Gasteiger partial charge in [0.25, 0.3) is 0 Å². The first kappa shape index (κ1) is 20.2. The van der Waals surface area contributed by atoms with Crippen molar-refractivity contribution in [3.8, 4) is 0 Å². The first-order valence-electron chi connectivity index (χ1n) is 9.24. The highest BCUT2D eigenvalue weighted by molar-refractivity contribution is 5.91. The fraction of sp³-hybridized carbons (Fsp3) is 0.474. The van der Waals surface area contributed by atoms with Crippen molar-refractivity contribution in [3.63, 3.8) is 0 Å². The average Bonchev–Trinajstić information content (AvgIpc) is 3.12. The second-order valence-electron chi connectivity index (χ2n) is 6.87. The molecule has 1 fully saturated rings. The topological polar surface area (TPSA) is 53.4 Å². The van der Waals surface area contributed by atoms with E-state index in [4.69, 9.17) is 0 Å². The monoisotopic (exact) mass is 395 g/mol. The summed E-state index contributed by atoms with van der Waals surface area (Å²) >= 11 is 0. The van der Waals surface area contributed by atoms with Crippen LogP contribution < -0.4 is 10.2 Å². The molecule has 6 nitrogen and oxygen atoms in total. The van der Waals surface area contributed by atoms with E-state index in [1.165, 1.54) is 0 Å². The maximum absolute atomic E-state index is 12.6. The van der Waals surface area contributed by atoms with Crippen molar-refractivity contribution in [1.29, 1.82) is 0 Å². The van der Waals surface area contributed by atoms with Crippen LogP contribution in [0.3, 0.4) is 0 Å². The van der Waals surface area contributed by atoms with E-state index >= 15 is 0 Å². The van der Waals surface area contributed by atoms with E-state index in [0.29, 0.717) is 5.69 Å². The molecule has 9 heteroatoms. The van der Waals surface area contributed by atoms with Crippen molar-refractivity contribution in [2.24, 2.45) is 0 Å². The molecule has 1 amide bonds. The molecule has 1 aromatic carbocycles. The predicted octanol–water partition coefficient (Wildman–Crippen LogP) is 2.99. The number of nitrogens with one attached hydrogen (secondary N) is 1. The first-order valence-corrected chi connectivity index (χ1v) is 9.24. The summed E-state index contributed by atoms with van der Waals surface area (Å²) in [5.74, 6) is -0.427. The van der Waals surface area contributed by atoms with Crippen LogP contribution in [-0.2, 0) is 17.5 Å². The quantitative estimate of drug-likeness (QED) is 0.846. The van der Waals surface area contributed by atoms with Crippen LogP contribution >= 0.6 is 0 Å². The molecule has 28 heavy (non-hydrogen) atoms. The van der Waals surface area contributed by atoms with Gasteiger partial charge in [-0.2, -0.15) is 18.3 Å². The highest BCUT2D eigenvalue weighted by Crippen LogP contribution is 2.27. The van der Waals surface area contributed by atoms with E-state index in [1.807, 2.05) is 25.1 Å². The largest absolute Gasteiger partial charge is 0.435 e. The highest BCUT2D eigenvalue weighted by Gasteiger charge is 2.33. The lowest BCUT2D eigenvalue weighted by Crippen LogP contribution is -2.46. The maximum Gasteiger partial charge on any atom is 0.435 e. The number of benzene rings is 1. The fourth-order valence-corrected chi connectivity index (χ4v) is 3.24. The number of amides is 1. The van der Waals surface area contributed by atoms with Gasteiger partial charge in [-0.3, -0.25) is 9.48 Å². The number of carbonyl (C=O) groups excluding carboxylic acids is 1. The van der Waals surface area contributed by atoms with Crippen LogP contribution in [0.2, 0.25) is 0 Å². The molecular formula is C19H24F3N5O. The minimum absolute atomic E-state index is 0.281. The third kappa shape index (κ3) is 4.83. The van der Waals surface area contributed by atoms with Gasteiger partial charge in [-0.15, -0.1) is 0 Å². The normalized spacial score (nSPS) is 15.7. The van der Waals surface area contributed by atoms with Crippen molar-refractivity contribution >= 4 is 17.3 Å². The molecule has 0 radical (unpaired) electrons. The molecule has 2 aromatic rings. The third-order valence-corrected chi connectivity index (χ3v) is 4.91. The van der Waals surface area contributed by atoms with Gasteiger partial charge in [0.1, 0.15) is 6.54 Å². The second-order valence-corrected chi connectivity index (χ2v) is 6.87.